The van der Waals surface area contributed by atoms with E-state index in [2.05, 4.69) is 4.90 Å². The molecule has 1 saturated heterocycles. The number of nitrogens with zero attached hydrogens (tertiary/aromatic N) is 2. The van der Waals surface area contributed by atoms with Crippen molar-refractivity contribution in [3.63, 3.8) is 0 Å². The van der Waals surface area contributed by atoms with Gasteiger partial charge >= 0.3 is 6.09 Å². The van der Waals surface area contributed by atoms with Crippen molar-refractivity contribution >= 4 is 6.09 Å². The molecule has 6 heteroatoms. The number of rotatable bonds is 5. The molecule has 0 spiro atoms. The maximum absolute atomic E-state index is 11.9. The lowest BCUT2D eigenvalue weighted by Gasteiger charge is -2.35. The molecule has 1 aliphatic rings. The van der Waals surface area contributed by atoms with Crippen LogP contribution in [0.2, 0.25) is 0 Å². The van der Waals surface area contributed by atoms with E-state index in [-0.39, 0.29) is 12.2 Å². The summed E-state index contributed by atoms with van der Waals surface area (Å²) in [6.07, 6.45) is 0.839. The van der Waals surface area contributed by atoms with Gasteiger partial charge in [0.25, 0.3) is 0 Å². The summed E-state index contributed by atoms with van der Waals surface area (Å²) in [5.74, 6) is 0. The molecule has 1 rings (SSSR count). The predicted molar refractivity (Wildman–Crippen MR) is 78.5 cm³/mol. The standard InChI is InChI=1S/C14H29N3O3/c1-14(2,3)20-13(19)17-10-8-16(9-11-17)7-5-12(18)4-6-15/h12,18H,4-11,15H2,1-3H3/t12-/m0/s1. The number of aliphatic hydroxyl groups is 1. The second kappa shape index (κ2) is 7.81. The first kappa shape index (κ1) is 17.2. The van der Waals surface area contributed by atoms with Gasteiger partial charge in [-0.1, -0.05) is 0 Å². The van der Waals surface area contributed by atoms with E-state index in [0.717, 1.165) is 26.1 Å². The predicted octanol–water partition coefficient (Wildman–Crippen LogP) is 0.639. The summed E-state index contributed by atoms with van der Waals surface area (Å²) in [7, 11) is 0. The van der Waals surface area contributed by atoms with E-state index in [9.17, 15) is 9.90 Å². The Kier molecular flexibility index (Phi) is 6.71. The van der Waals surface area contributed by atoms with Gasteiger partial charge in [0.05, 0.1) is 6.10 Å². The molecule has 3 N–H and O–H groups in total. The third kappa shape index (κ3) is 6.54. The molecule has 0 aromatic heterocycles. The van der Waals surface area contributed by atoms with Crippen molar-refractivity contribution in [3.05, 3.63) is 0 Å². The molecule has 1 atom stereocenters. The van der Waals surface area contributed by atoms with Crippen LogP contribution in [0.15, 0.2) is 0 Å². The Balaban J connectivity index is 2.24. The summed E-state index contributed by atoms with van der Waals surface area (Å²) in [6.45, 7) is 10.0. The van der Waals surface area contributed by atoms with E-state index >= 15 is 0 Å². The fraction of sp³-hybridized carbons (Fsp3) is 0.929. The largest absolute Gasteiger partial charge is 0.444 e. The zero-order chi connectivity index (χ0) is 15.2. The number of aliphatic hydroxyl groups excluding tert-OH is 1. The molecule has 1 aliphatic heterocycles. The number of hydrogen-bond acceptors (Lipinski definition) is 5. The summed E-state index contributed by atoms with van der Waals surface area (Å²) in [5.41, 5.74) is 4.96. The molecule has 0 aromatic carbocycles. The molecule has 20 heavy (non-hydrogen) atoms. The number of carbonyl (C=O) groups is 1. The van der Waals surface area contributed by atoms with Crippen LogP contribution in [0.25, 0.3) is 0 Å². The van der Waals surface area contributed by atoms with Gasteiger partial charge in [-0.05, 0) is 40.2 Å². The van der Waals surface area contributed by atoms with Crippen molar-refractivity contribution in [1.82, 2.24) is 9.80 Å². The summed E-state index contributed by atoms with van der Waals surface area (Å²) >= 11 is 0. The maximum Gasteiger partial charge on any atom is 0.410 e. The van der Waals surface area contributed by atoms with Crippen LogP contribution < -0.4 is 5.73 Å². The zero-order valence-corrected chi connectivity index (χ0v) is 13.0. The molecule has 118 valence electrons. The van der Waals surface area contributed by atoms with Crippen LogP contribution in [0.5, 0.6) is 0 Å². The third-order valence-electron chi connectivity index (χ3n) is 3.30. The quantitative estimate of drug-likeness (QED) is 0.776. The Morgan fingerprint density at radius 1 is 1.25 bits per heavy atom. The summed E-state index contributed by atoms with van der Waals surface area (Å²) in [4.78, 5) is 15.9. The minimum Gasteiger partial charge on any atom is -0.444 e. The van der Waals surface area contributed by atoms with E-state index in [1.165, 1.54) is 0 Å². The Morgan fingerprint density at radius 2 is 1.85 bits per heavy atom. The first-order chi connectivity index (χ1) is 9.31. The average Bonchev–Trinajstić information content (AvgIpc) is 2.35. The number of carbonyl (C=O) groups excluding carboxylic acids is 1. The number of amides is 1. The second-order valence-electron chi connectivity index (χ2n) is 6.33. The highest BCUT2D eigenvalue weighted by Gasteiger charge is 2.25. The monoisotopic (exact) mass is 287 g/mol. The zero-order valence-electron chi connectivity index (χ0n) is 13.0. The number of hydrogen-bond donors (Lipinski definition) is 2. The lowest BCUT2D eigenvalue weighted by Crippen LogP contribution is -2.50. The lowest BCUT2D eigenvalue weighted by molar-refractivity contribution is 0.0132. The van der Waals surface area contributed by atoms with Crippen LogP contribution in [0, 0.1) is 0 Å². The van der Waals surface area contributed by atoms with Crippen molar-refractivity contribution in [1.29, 1.82) is 0 Å². The van der Waals surface area contributed by atoms with E-state index in [1.54, 1.807) is 4.90 Å². The minimum absolute atomic E-state index is 0.236. The number of ether oxygens (including phenoxy) is 1. The van der Waals surface area contributed by atoms with Gasteiger partial charge in [0.2, 0.25) is 0 Å². The van der Waals surface area contributed by atoms with Gasteiger partial charge in [-0.3, -0.25) is 4.90 Å². The lowest BCUT2D eigenvalue weighted by atomic mass is 10.1. The maximum atomic E-state index is 11.9. The molecule has 1 fully saturated rings. The van der Waals surface area contributed by atoms with Gasteiger partial charge in [0, 0.05) is 32.7 Å². The van der Waals surface area contributed by atoms with Crippen LogP contribution in [0.4, 0.5) is 4.79 Å². The summed E-state index contributed by atoms with van der Waals surface area (Å²) in [5, 5.41) is 9.66. The van der Waals surface area contributed by atoms with Crippen molar-refractivity contribution in [3.8, 4) is 0 Å². The molecule has 0 aromatic rings. The molecule has 6 nitrogen and oxygen atoms in total. The van der Waals surface area contributed by atoms with E-state index in [0.29, 0.717) is 26.1 Å². The van der Waals surface area contributed by atoms with Crippen molar-refractivity contribution in [2.45, 2.75) is 45.3 Å². The number of nitrogens with two attached hydrogens (primary N) is 1. The van der Waals surface area contributed by atoms with E-state index < -0.39 is 5.60 Å². The van der Waals surface area contributed by atoms with Gasteiger partial charge in [0.15, 0.2) is 0 Å². The summed E-state index contributed by atoms with van der Waals surface area (Å²) < 4.78 is 5.36. The highest BCUT2D eigenvalue weighted by molar-refractivity contribution is 5.68. The van der Waals surface area contributed by atoms with Crippen LogP contribution in [0.1, 0.15) is 33.6 Å². The van der Waals surface area contributed by atoms with E-state index in [1.807, 2.05) is 20.8 Å². The Hall–Kier alpha value is -0.850. The van der Waals surface area contributed by atoms with Gasteiger partial charge in [-0.25, -0.2) is 4.79 Å². The topological polar surface area (TPSA) is 79.0 Å². The van der Waals surface area contributed by atoms with Crippen LogP contribution >= 0.6 is 0 Å². The first-order valence-electron chi connectivity index (χ1n) is 7.40. The van der Waals surface area contributed by atoms with Gasteiger partial charge in [-0.2, -0.15) is 0 Å². The molecular formula is C14H29N3O3. The fourth-order valence-electron chi connectivity index (χ4n) is 2.15. The smallest absolute Gasteiger partial charge is 0.410 e. The normalized spacial score (nSPS) is 18.9. The molecule has 0 aliphatic carbocycles. The van der Waals surface area contributed by atoms with Gasteiger partial charge < -0.3 is 20.5 Å². The van der Waals surface area contributed by atoms with Crippen LogP contribution in [-0.4, -0.2) is 72.0 Å². The number of piperazine rings is 1. The highest BCUT2D eigenvalue weighted by Crippen LogP contribution is 2.12. The Labute approximate surface area is 121 Å². The summed E-state index contributed by atoms with van der Waals surface area (Å²) in [6, 6.07) is 0. The van der Waals surface area contributed by atoms with Crippen molar-refractivity contribution < 1.29 is 14.6 Å². The third-order valence-corrected chi connectivity index (χ3v) is 3.30. The SMILES string of the molecule is CC(C)(C)OC(=O)N1CCN(CC[C@@H](O)CCN)CC1. The van der Waals surface area contributed by atoms with Crippen molar-refractivity contribution in [2.24, 2.45) is 5.73 Å². The molecule has 0 bridgehead atoms. The highest BCUT2D eigenvalue weighted by atomic mass is 16.6. The molecule has 1 amide bonds. The van der Waals surface area contributed by atoms with E-state index in [4.69, 9.17) is 10.5 Å². The second-order valence-corrected chi connectivity index (χ2v) is 6.33. The Bertz CT molecular complexity index is 297. The molecule has 1 heterocycles. The molecule has 0 unspecified atom stereocenters. The fourth-order valence-corrected chi connectivity index (χ4v) is 2.15. The van der Waals surface area contributed by atoms with Gasteiger partial charge in [0.1, 0.15) is 5.60 Å². The molecular weight excluding hydrogens is 258 g/mol. The Morgan fingerprint density at radius 3 is 2.35 bits per heavy atom. The molecule has 0 radical (unpaired) electrons. The van der Waals surface area contributed by atoms with Crippen LogP contribution in [0.3, 0.4) is 0 Å². The average molecular weight is 287 g/mol. The van der Waals surface area contributed by atoms with Crippen LogP contribution in [-0.2, 0) is 4.74 Å². The van der Waals surface area contributed by atoms with Gasteiger partial charge in [-0.15, -0.1) is 0 Å². The first-order valence-corrected chi connectivity index (χ1v) is 7.40. The minimum atomic E-state index is -0.444. The van der Waals surface area contributed by atoms with Crippen molar-refractivity contribution in [2.75, 3.05) is 39.3 Å². The molecule has 0 saturated carbocycles.